The van der Waals surface area contributed by atoms with Crippen LogP contribution in [0.15, 0.2) is 16.8 Å². The third kappa shape index (κ3) is 3.51. The molecule has 0 fully saturated rings. The summed E-state index contributed by atoms with van der Waals surface area (Å²) in [5.41, 5.74) is 0.934. The number of hydrogen-bond donors (Lipinski definition) is 1. The largest absolute Gasteiger partial charge is 0.405 e. The van der Waals surface area contributed by atoms with Gasteiger partial charge in [-0.05, 0) is 29.3 Å². The van der Waals surface area contributed by atoms with Crippen LogP contribution in [0.4, 0.5) is 13.2 Å². The molecule has 0 aliphatic carbocycles. The van der Waals surface area contributed by atoms with Crippen molar-refractivity contribution in [3.63, 3.8) is 0 Å². The number of nitrogens with one attached hydrogen (secondary N) is 1. The summed E-state index contributed by atoms with van der Waals surface area (Å²) in [5.74, 6) is -1.95. The summed E-state index contributed by atoms with van der Waals surface area (Å²) >= 11 is 1.49. The molecule has 0 spiro atoms. The SMILES string of the molecule is CC(NCC(C#N)C(F)(F)F)c1ccsc1. The number of alkyl halides is 3. The Morgan fingerprint density at radius 2 is 2.25 bits per heavy atom. The molecule has 16 heavy (non-hydrogen) atoms. The summed E-state index contributed by atoms with van der Waals surface area (Å²) in [5, 5.41) is 14.8. The van der Waals surface area contributed by atoms with Gasteiger partial charge in [-0.3, -0.25) is 0 Å². The molecule has 0 bridgehead atoms. The van der Waals surface area contributed by atoms with Gasteiger partial charge in [0.05, 0.1) is 6.07 Å². The molecule has 1 rings (SSSR count). The van der Waals surface area contributed by atoms with Gasteiger partial charge in [-0.2, -0.15) is 29.8 Å². The molecule has 0 saturated carbocycles. The molecule has 0 radical (unpaired) electrons. The topological polar surface area (TPSA) is 35.8 Å². The molecule has 0 aliphatic heterocycles. The zero-order chi connectivity index (χ0) is 12.2. The van der Waals surface area contributed by atoms with Crippen molar-refractivity contribution in [3.05, 3.63) is 22.4 Å². The predicted molar refractivity (Wildman–Crippen MR) is 55.9 cm³/mol. The predicted octanol–water partition coefficient (Wildman–Crippen LogP) is 3.10. The summed E-state index contributed by atoms with van der Waals surface area (Å²) < 4.78 is 36.8. The highest BCUT2D eigenvalue weighted by molar-refractivity contribution is 7.07. The molecule has 1 N–H and O–H groups in total. The summed E-state index contributed by atoms with van der Waals surface area (Å²) in [7, 11) is 0. The highest BCUT2D eigenvalue weighted by Crippen LogP contribution is 2.25. The molecule has 1 aromatic rings. The number of rotatable bonds is 4. The fourth-order valence-electron chi connectivity index (χ4n) is 1.17. The van der Waals surface area contributed by atoms with Gasteiger partial charge in [0, 0.05) is 12.6 Å². The Labute approximate surface area is 95.7 Å². The second-order valence-corrected chi connectivity index (χ2v) is 4.19. The fourth-order valence-corrected chi connectivity index (χ4v) is 1.92. The van der Waals surface area contributed by atoms with Gasteiger partial charge < -0.3 is 5.32 Å². The first kappa shape index (κ1) is 13.0. The molecule has 0 amide bonds. The van der Waals surface area contributed by atoms with Crippen molar-refractivity contribution in [3.8, 4) is 6.07 Å². The Kier molecular flexibility index (Phi) is 4.33. The van der Waals surface area contributed by atoms with Gasteiger partial charge in [-0.25, -0.2) is 0 Å². The second kappa shape index (κ2) is 5.32. The van der Waals surface area contributed by atoms with Crippen molar-refractivity contribution < 1.29 is 13.2 Å². The first-order valence-corrected chi connectivity index (χ1v) is 5.61. The highest BCUT2D eigenvalue weighted by atomic mass is 32.1. The van der Waals surface area contributed by atoms with Gasteiger partial charge in [0.25, 0.3) is 0 Å². The molecule has 1 aromatic heterocycles. The zero-order valence-electron chi connectivity index (χ0n) is 8.58. The Bertz CT molecular complexity index is 353. The van der Waals surface area contributed by atoms with E-state index in [1.807, 2.05) is 16.8 Å². The van der Waals surface area contributed by atoms with Crippen molar-refractivity contribution >= 4 is 11.3 Å². The van der Waals surface area contributed by atoms with Crippen LogP contribution >= 0.6 is 11.3 Å². The fraction of sp³-hybridized carbons (Fsp3) is 0.500. The summed E-state index contributed by atoms with van der Waals surface area (Å²) in [6.45, 7) is 1.39. The highest BCUT2D eigenvalue weighted by Gasteiger charge is 2.39. The van der Waals surface area contributed by atoms with Crippen LogP contribution in [0.1, 0.15) is 18.5 Å². The normalized spacial score (nSPS) is 15.4. The van der Waals surface area contributed by atoms with E-state index < -0.39 is 12.1 Å². The number of nitriles is 1. The van der Waals surface area contributed by atoms with E-state index in [9.17, 15) is 13.2 Å². The van der Waals surface area contributed by atoms with Gasteiger partial charge >= 0.3 is 6.18 Å². The Morgan fingerprint density at radius 1 is 1.56 bits per heavy atom. The zero-order valence-corrected chi connectivity index (χ0v) is 9.40. The Morgan fingerprint density at radius 3 is 2.69 bits per heavy atom. The summed E-state index contributed by atoms with van der Waals surface area (Å²) in [6.07, 6.45) is -4.46. The third-order valence-electron chi connectivity index (χ3n) is 2.22. The Balaban J connectivity index is 2.48. The minimum absolute atomic E-state index is 0.176. The van der Waals surface area contributed by atoms with E-state index in [-0.39, 0.29) is 12.6 Å². The van der Waals surface area contributed by atoms with Gasteiger partial charge in [-0.15, -0.1) is 0 Å². The van der Waals surface area contributed by atoms with Gasteiger partial charge in [0.2, 0.25) is 0 Å². The van der Waals surface area contributed by atoms with Gasteiger partial charge in [-0.1, -0.05) is 0 Å². The van der Waals surface area contributed by atoms with Crippen molar-refractivity contribution in [2.24, 2.45) is 5.92 Å². The van der Waals surface area contributed by atoms with Crippen molar-refractivity contribution in [2.75, 3.05) is 6.54 Å². The quantitative estimate of drug-likeness (QED) is 0.888. The van der Waals surface area contributed by atoms with E-state index in [1.165, 1.54) is 17.4 Å². The average Bonchev–Trinajstić information content (AvgIpc) is 2.68. The van der Waals surface area contributed by atoms with Crippen LogP contribution in [0.25, 0.3) is 0 Å². The first-order valence-electron chi connectivity index (χ1n) is 4.67. The van der Waals surface area contributed by atoms with E-state index >= 15 is 0 Å². The molecule has 88 valence electrons. The molecule has 2 unspecified atom stereocenters. The number of hydrogen-bond acceptors (Lipinski definition) is 3. The third-order valence-corrected chi connectivity index (χ3v) is 2.92. The van der Waals surface area contributed by atoms with Crippen LogP contribution in [0.5, 0.6) is 0 Å². The molecule has 0 saturated heterocycles. The van der Waals surface area contributed by atoms with Gasteiger partial charge in [0.15, 0.2) is 5.92 Å². The van der Waals surface area contributed by atoms with Crippen LogP contribution in [0.3, 0.4) is 0 Å². The van der Waals surface area contributed by atoms with Crippen LogP contribution in [-0.4, -0.2) is 12.7 Å². The lowest BCUT2D eigenvalue weighted by molar-refractivity contribution is -0.157. The standard InChI is InChI=1S/C10H11F3N2S/c1-7(8-2-3-16-6-8)15-5-9(4-14)10(11,12)13/h2-3,6-7,9,15H,5H2,1H3. The first-order chi connectivity index (χ1) is 7.45. The molecule has 6 heteroatoms. The van der Waals surface area contributed by atoms with Crippen molar-refractivity contribution in [2.45, 2.75) is 19.1 Å². The summed E-state index contributed by atoms with van der Waals surface area (Å²) in [6, 6.07) is 2.93. The molecule has 0 aromatic carbocycles. The maximum Gasteiger partial charge on any atom is 0.405 e. The number of nitrogens with zero attached hydrogens (tertiary/aromatic N) is 1. The van der Waals surface area contributed by atoms with E-state index in [0.29, 0.717) is 0 Å². The van der Waals surface area contributed by atoms with E-state index in [1.54, 1.807) is 6.92 Å². The van der Waals surface area contributed by atoms with E-state index in [4.69, 9.17) is 5.26 Å². The monoisotopic (exact) mass is 248 g/mol. The molecular formula is C10H11F3N2S. The van der Waals surface area contributed by atoms with Crippen molar-refractivity contribution in [1.29, 1.82) is 5.26 Å². The van der Waals surface area contributed by atoms with Crippen LogP contribution in [0.2, 0.25) is 0 Å². The summed E-state index contributed by atoms with van der Waals surface area (Å²) in [4.78, 5) is 0. The van der Waals surface area contributed by atoms with Crippen molar-refractivity contribution in [1.82, 2.24) is 5.32 Å². The number of thiophene rings is 1. The smallest absolute Gasteiger partial charge is 0.309 e. The molecular weight excluding hydrogens is 237 g/mol. The van der Waals surface area contributed by atoms with Gasteiger partial charge in [0.1, 0.15) is 0 Å². The molecule has 2 nitrogen and oxygen atoms in total. The molecule has 2 atom stereocenters. The Hall–Kier alpha value is -1.06. The lowest BCUT2D eigenvalue weighted by Crippen LogP contribution is -2.33. The lowest BCUT2D eigenvalue weighted by atomic mass is 10.1. The minimum Gasteiger partial charge on any atom is -0.309 e. The van der Waals surface area contributed by atoms with Crippen LogP contribution in [0, 0.1) is 17.2 Å². The molecule has 0 aliphatic rings. The minimum atomic E-state index is -4.46. The van der Waals surface area contributed by atoms with Crippen LogP contribution < -0.4 is 5.32 Å². The maximum absolute atomic E-state index is 12.3. The van der Waals surface area contributed by atoms with Crippen LogP contribution in [-0.2, 0) is 0 Å². The molecule has 1 heterocycles. The average molecular weight is 248 g/mol. The maximum atomic E-state index is 12.3. The van der Waals surface area contributed by atoms with E-state index in [0.717, 1.165) is 5.56 Å². The lowest BCUT2D eigenvalue weighted by Gasteiger charge is -2.17. The second-order valence-electron chi connectivity index (χ2n) is 3.41. The number of halogens is 3. The van der Waals surface area contributed by atoms with E-state index in [2.05, 4.69) is 5.32 Å².